The van der Waals surface area contributed by atoms with Crippen molar-refractivity contribution >= 4 is 17.5 Å². The maximum absolute atomic E-state index is 13.6. The number of carbonyl (C=O) groups is 1. The van der Waals surface area contributed by atoms with E-state index in [2.05, 4.69) is 20.6 Å². The molecule has 26 heavy (non-hydrogen) atoms. The van der Waals surface area contributed by atoms with Crippen LogP contribution in [0.25, 0.3) is 0 Å². The standard InChI is InChI=1S/C19H16F2N4O/c1-12-4-2-5-13(10-12)11-23-19-22-9-8-16(24-19)18(26)25-17-14(20)6-3-7-15(17)21/h2-10H,11H2,1H3,(H,25,26)(H,22,23,24). The fourth-order valence-electron chi connectivity index (χ4n) is 2.37. The van der Waals surface area contributed by atoms with Gasteiger partial charge in [0, 0.05) is 12.7 Å². The zero-order valence-corrected chi connectivity index (χ0v) is 14.0. The molecule has 1 heterocycles. The number of aryl methyl sites for hydroxylation is 1. The number of halogens is 2. The number of carbonyl (C=O) groups excluding carboxylic acids is 1. The Kier molecular flexibility index (Phi) is 5.17. The Morgan fingerprint density at radius 3 is 2.54 bits per heavy atom. The van der Waals surface area contributed by atoms with Crippen molar-refractivity contribution in [2.75, 3.05) is 10.6 Å². The van der Waals surface area contributed by atoms with Crippen molar-refractivity contribution in [2.24, 2.45) is 0 Å². The summed E-state index contributed by atoms with van der Waals surface area (Å²) in [5.41, 5.74) is 1.65. The van der Waals surface area contributed by atoms with Crippen LogP contribution in [0, 0.1) is 18.6 Å². The molecule has 0 saturated carbocycles. The average Bonchev–Trinajstić information content (AvgIpc) is 2.63. The van der Waals surface area contributed by atoms with E-state index in [1.165, 1.54) is 18.3 Å². The van der Waals surface area contributed by atoms with Gasteiger partial charge in [-0.1, -0.05) is 35.9 Å². The van der Waals surface area contributed by atoms with Gasteiger partial charge in [0.25, 0.3) is 5.91 Å². The third kappa shape index (κ3) is 4.18. The maximum Gasteiger partial charge on any atom is 0.274 e. The molecule has 5 nitrogen and oxygen atoms in total. The molecule has 0 aliphatic rings. The van der Waals surface area contributed by atoms with Gasteiger partial charge in [-0.3, -0.25) is 4.79 Å². The quantitative estimate of drug-likeness (QED) is 0.729. The Balaban J connectivity index is 1.71. The van der Waals surface area contributed by atoms with Gasteiger partial charge in [-0.25, -0.2) is 18.7 Å². The molecule has 1 amide bonds. The summed E-state index contributed by atoms with van der Waals surface area (Å²) in [6, 6.07) is 12.6. The van der Waals surface area contributed by atoms with Crippen molar-refractivity contribution in [3.8, 4) is 0 Å². The van der Waals surface area contributed by atoms with Crippen LogP contribution >= 0.6 is 0 Å². The number of aromatic nitrogens is 2. The number of para-hydroxylation sites is 1. The second kappa shape index (κ2) is 7.69. The molecular formula is C19H16F2N4O. The van der Waals surface area contributed by atoms with Crippen LogP contribution in [0.2, 0.25) is 0 Å². The van der Waals surface area contributed by atoms with Gasteiger partial charge >= 0.3 is 0 Å². The predicted octanol–water partition coefficient (Wildman–Crippen LogP) is 3.93. The molecule has 0 aliphatic carbocycles. The van der Waals surface area contributed by atoms with Crippen molar-refractivity contribution < 1.29 is 13.6 Å². The highest BCUT2D eigenvalue weighted by atomic mass is 19.1. The summed E-state index contributed by atoms with van der Waals surface area (Å²) in [5, 5.41) is 5.22. The van der Waals surface area contributed by atoms with Crippen molar-refractivity contribution in [2.45, 2.75) is 13.5 Å². The molecule has 0 radical (unpaired) electrons. The zero-order chi connectivity index (χ0) is 18.5. The zero-order valence-electron chi connectivity index (χ0n) is 14.0. The molecule has 0 saturated heterocycles. The summed E-state index contributed by atoms with van der Waals surface area (Å²) in [5.74, 6) is -2.20. The lowest BCUT2D eigenvalue weighted by atomic mass is 10.1. The Labute approximate surface area is 149 Å². The highest BCUT2D eigenvalue weighted by Crippen LogP contribution is 2.18. The number of nitrogens with zero attached hydrogens (tertiary/aromatic N) is 2. The minimum absolute atomic E-state index is 0.00519. The first kappa shape index (κ1) is 17.5. The summed E-state index contributed by atoms with van der Waals surface area (Å²) >= 11 is 0. The van der Waals surface area contributed by atoms with E-state index < -0.39 is 23.2 Å². The molecule has 0 aliphatic heterocycles. The molecule has 0 spiro atoms. The van der Waals surface area contributed by atoms with Crippen molar-refractivity contribution in [3.63, 3.8) is 0 Å². The minimum atomic E-state index is -0.856. The van der Waals surface area contributed by atoms with E-state index in [1.54, 1.807) is 0 Å². The molecule has 0 unspecified atom stereocenters. The summed E-state index contributed by atoms with van der Waals surface area (Å²) in [6.07, 6.45) is 1.40. The molecule has 3 aromatic rings. The summed E-state index contributed by atoms with van der Waals surface area (Å²) < 4.78 is 27.3. The van der Waals surface area contributed by atoms with Crippen molar-refractivity contribution in [1.82, 2.24) is 9.97 Å². The van der Waals surface area contributed by atoms with Crippen LogP contribution in [0.5, 0.6) is 0 Å². The number of hydrogen-bond acceptors (Lipinski definition) is 4. The fraction of sp³-hybridized carbons (Fsp3) is 0.105. The molecule has 3 rings (SSSR count). The first-order valence-electron chi connectivity index (χ1n) is 7.91. The van der Waals surface area contributed by atoms with Crippen LogP contribution in [-0.2, 0) is 6.54 Å². The largest absolute Gasteiger partial charge is 0.350 e. The molecular weight excluding hydrogens is 338 g/mol. The SMILES string of the molecule is Cc1cccc(CNc2nccc(C(=O)Nc3c(F)cccc3F)n2)c1. The topological polar surface area (TPSA) is 66.9 Å². The first-order chi connectivity index (χ1) is 12.5. The molecule has 0 bridgehead atoms. The Morgan fingerprint density at radius 1 is 1.08 bits per heavy atom. The van der Waals surface area contributed by atoms with Crippen LogP contribution in [0.1, 0.15) is 21.6 Å². The molecule has 7 heteroatoms. The second-order valence-corrected chi connectivity index (χ2v) is 5.66. The van der Waals surface area contributed by atoms with Crippen LogP contribution in [0.4, 0.5) is 20.4 Å². The van der Waals surface area contributed by atoms with E-state index in [1.807, 2.05) is 31.2 Å². The second-order valence-electron chi connectivity index (χ2n) is 5.66. The van der Waals surface area contributed by atoms with E-state index in [-0.39, 0.29) is 11.6 Å². The van der Waals surface area contributed by atoms with Crippen molar-refractivity contribution in [3.05, 3.63) is 83.2 Å². The number of nitrogens with one attached hydrogen (secondary N) is 2. The Hall–Kier alpha value is -3.35. The number of rotatable bonds is 5. The van der Waals surface area contributed by atoms with Gasteiger partial charge in [0.2, 0.25) is 5.95 Å². The van der Waals surface area contributed by atoms with Gasteiger partial charge in [-0.05, 0) is 30.7 Å². The minimum Gasteiger partial charge on any atom is -0.350 e. The lowest BCUT2D eigenvalue weighted by Crippen LogP contribution is -2.17. The van der Waals surface area contributed by atoms with E-state index in [4.69, 9.17) is 0 Å². The predicted molar refractivity (Wildman–Crippen MR) is 94.8 cm³/mol. The summed E-state index contributed by atoms with van der Waals surface area (Å²) in [7, 11) is 0. The van der Waals surface area contributed by atoms with E-state index >= 15 is 0 Å². The third-order valence-electron chi connectivity index (χ3n) is 3.62. The highest BCUT2D eigenvalue weighted by Gasteiger charge is 2.15. The smallest absolute Gasteiger partial charge is 0.274 e. The van der Waals surface area contributed by atoms with Gasteiger partial charge < -0.3 is 10.6 Å². The Morgan fingerprint density at radius 2 is 1.81 bits per heavy atom. The van der Waals surface area contributed by atoms with E-state index in [9.17, 15) is 13.6 Å². The lowest BCUT2D eigenvalue weighted by molar-refractivity contribution is 0.102. The lowest BCUT2D eigenvalue weighted by Gasteiger charge is -2.09. The number of amides is 1. The molecule has 2 aromatic carbocycles. The Bertz CT molecular complexity index is 926. The van der Waals surface area contributed by atoms with Crippen LogP contribution in [0.15, 0.2) is 54.7 Å². The van der Waals surface area contributed by atoms with Gasteiger partial charge in [-0.2, -0.15) is 0 Å². The number of benzene rings is 2. The average molecular weight is 354 g/mol. The molecule has 1 aromatic heterocycles. The monoisotopic (exact) mass is 354 g/mol. The molecule has 0 atom stereocenters. The molecule has 132 valence electrons. The van der Waals surface area contributed by atoms with Crippen LogP contribution in [0.3, 0.4) is 0 Å². The third-order valence-corrected chi connectivity index (χ3v) is 3.62. The van der Waals surface area contributed by atoms with E-state index in [0.717, 1.165) is 23.3 Å². The molecule has 2 N–H and O–H groups in total. The van der Waals surface area contributed by atoms with Gasteiger partial charge in [-0.15, -0.1) is 0 Å². The van der Waals surface area contributed by atoms with Gasteiger partial charge in [0.15, 0.2) is 0 Å². The maximum atomic E-state index is 13.6. The van der Waals surface area contributed by atoms with Crippen LogP contribution < -0.4 is 10.6 Å². The molecule has 0 fully saturated rings. The number of anilines is 2. The summed E-state index contributed by atoms with van der Waals surface area (Å²) in [6.45, 7) is 2.47. The fourth-order valence-corrected chi connectivity index (χ4v) is 2.37. The first-order valence-corrected chi connectivity index (χ1v) is 7.91. The highest BCUT2D eigenvalue weighted by molar-refractivity contribution is 6.03. The van der Waals surface area contributed by atoms with Gasteiger partial charge in [0.05, 0.1) is 0 Å². The van der Waals surface area contributed by atoms with E-state index in [0.29, 0.717) is 6.54 Å². The normalized spacial score (nSPS) is 10.4. The number of hydrogen-bond donors (Lipinski definition) is 2. The summed E-state index contributed by atoms with van der Waals surface area (Å²) in [4.78, 5) is 20.4. The van der Waals surface area contributed by atoms with Gasteiger partial charge in [0.1, 0.15) is 23.0 Å². The van der Waals surface area contributed by atoms with Crippen LogP contribution in [-0.4, -0.2) is 15.9 Å². The van der Waals surface area contributed by atoms with Crippen molar-refractivity contribution in [1.29, 1.82) is 0 Å².